The molecular weight excluding hydrogens is 368 g/mol. The van der Waals surface area contributed by atoms with Crippen molar-refractivity contribution in [2.24, 2.45) is 0 Å². The minimum atomic E-state index is -0.270. The van der Waals surface area contributed by atoms with Gasteiger partial charge in [-0.15, -0.1) is 11.3 Å². The highest BCUT2D eigenvalue weighted by Crippen LogP contribution is 2.36. The van der Waals surface area contributed by atoms with Gasteiger partial charge in [-0.05, 0) is 48.5 Å². The third-order valence-corrected chi connectivity index (χ3v) is 5.17. The fraction of sp³-hybridized carbons (Fsp3) is 0. The van der Waals surface area contributed by atoms with Gasteiger partial charge in [-0.1, -0.05) is 29.8 Å². The molecule has 0 radical (unpaired) electrons. The van der Waals surface area contributed by atoms with Gasteiger partial charge in [0.1, 0.15) is 10.8 Å². The van der Waals surface area contributed by atoms with Crippen LogP contribution in [0.4, 0.5) is 5.69 Å². The van der Waals surface area contributed by atoms with E-state index in [0.717, 1.165) is 10.2 Å². The van der Waals surface area contributed by atoms with Gasteiger partial charge in [-0.2, -0.15) is 0 Å². The number of phenols is 1. The summed E-state index contributed by atoms with van der Waals surface area (Å²) in [5.74, 6) is -0.154. The quantitative estimate of drug-likeness (QED) is 0.456. The average molecular weight is 381 g/mol. The second-order valence-electron chi connectivity index (χ2n) is 5.68. The van der Waals surface area contributed by atoms with Crippen molar-refractivity contribution in [2.75, 3.05) is 5.32 Å². The molecule has 4 rings (SSSR count). The van der Waals surface area contributed by atoms with Gasteiger partial charge in [-0.3, -0.25) is 4.79 Å². The first-order valence-electron chi connectivity index (χ1n) is 7.86. The van der Waals surface area contributed by atoms with Crippen LogP contribution in [-0.4, -0.2) is 16.0 Å². The Bertz CT molecular complexity index is 1090. The van der Waals surface area contributed by atoms with E-state index in [4.69, 9.17) is 11.6 Å². The van der Waals surface area contributed by atoms with Crippen molar-refractivity contribution in [3.05, 3.63) is 77.3 Å². The highest BCUT2D eigenvalue weighted by atomic mass is 35.5. The fourth-order valence-corrected chi connectivity index (χ4v) is 3.79. The molecule has 0 saturated heterocycles. The molecule has 2 N–H and O–H groups in total. The Morgan fingerprint density at radius 3 is 2.69 bits per heavy atom. The second kappa shape index (κ2) is 6.78. The zero-order valence-corrected chi connectivity index (χ0v) is 15.0. The summed E-state index contributed by atoms with van der Waals surface area (Å²) < 4.78 is 1.04. The molecule has 26 heavy (non-hydrogen) atoms. The fourth-order valence-electron chi connectivity index (χ4n) is 2.61. The lowest BCUT2D eigenvalue weighted by molar-refractivity contribution is 0.102. The summed E-state index contributed by atoms with van der Waals surface area (Å²) in [6, 6.07) is 19.4. The number of carbonyl (C=O) groups excluding carboxylic acids is 1. The van der Waals surface area contributed by atoms with E-state index in [0.29, 0.717) is 26.8 Å². The minimum Gasteiger partial charge on any atom is -0.507 e. The van der Waals surface area contributed by atoms with Crippen LogP contribution in [-0.2, 0) is 0 Å². The summed E-state index contributed by atoms with van der Waals surface area (Å²) >= 11 is 7.43. The normalized spacial score (nSPS) is 10.8. The zero-order chi connectivity index (χ0) is 18.1. The van der Waals surface area contributed by atoms with Crippen molar-refractivity contribution in [3.63, 3.8) is 0 Å². The lowest BCUT2D eigenvalue weighted by Gasteiger charge is -2.08. The summed E-state index contributed by atoms with van der Waals surface area (Å²) in [5.41, 5.74) is 2.49. The van der Waals surface area contributed by atoms with Crippen LogP contribution < -0.4 is 5.32 Å². The van der Waals surface area contributed by atoms with Crippen LogP contribution in [0.2, 0.25) is 5.02 Å². The van der Waals surface area contributed by atoms with Crippen molar-refractivity contribution in [3.8, 4) is 16.3 Å². The van der Waals surface area contributed by atoms with E-state index in [2.05, 4.69) is 10.3 Å². The molecule has 1 amide bonds. The standard InChI is InChI=1S/C20H13ClN2O2S/c21-13-5-3-4-12(10-13)19(25)22-14-8-9-17(24)15(11-14)20-23-16-6-1-2-7-18(16)26-20/h1-11,24H,(H,22,25). The summed E-state index contributed by atoms with van der Waals surface area (Å²) in [6.45, 7) is 0. The molecule has 0 fully saturated rings. The lowest BCUT2D eigenvalue weighted by atomic mass is 10.1. The van der Waals surface area contributed by atoms with Gasteiger partial charge in [-0.25, -0.2) is 4.98 Å². The third kappa shape index (κ3) is 3.27. The van der Waals surface area contributed by atoms with Crippen LogP contribution in [0.15, 0.2) is 66.7 Å². The smallest absolute Gasteiger partial charge is 0.255 e. The molecule has 4 aromatic rings. The number of nitrogens with zero attached hydrogens (tertiary/aromatic N) is 1. The number of halogens is 1. The molecule has 0 unspecified atom stereocenters. The van der Waals surface area contributed by atoms with Crippen molar-refractivity contribution >= 4 is 44.7 Å². The zero-order valence-electron chi connectivity index (χ0n) is 13.4. The molecule has 0 aliphatic rings. The number of thiazole rings is 1. The van der Waals surface area contributed by atoms with Crippen LogP contribution >= 0.6 is 22.9 Å². The molecule has 128 valence electrons. The van der Waals surface area contributed by atoms with Crippen molar-refractivity contribution in [1.29, 1.82) is 0 Å². The lowest BCUT2D eigenvalue weighted by Crippen LogP contribution is -2.11. The number of rotatable bonds is 3. The molecule has 1 heterocycles. The molecule has 0 aliphatic carbocycles. The first kappa shape index (κ1) is 16.6. The van der Waals surface area contributed by atoms with Crippen molar-refractivity contribution < 1.29 is 9.90 Å². The Kier molecular flexibility index (Phi) is 4.32. The first-order chi connectivity index (χ1) is 12.6. The number of amides is 1. The number of aromatic nitrogens is 1. The van der Waals surface area contributed by atoms with E-state index < -0.39 is 0 Å². The van der Waals surface area contributed by atoms with Gasteiger partial charge in [0.15, 0.2) is 0 Å². The van der Waals surface area contributed by atoms with E-state index in [1.54, 1.807) is 42.5 Å². The Morgan fingerprint density at radius 2 is 1.88 bits per heavy atom. The number of hydrogen-bond donors (Lipinski definition) is 2. The molecule has 4 nitrogen and oxygen atoms in total. The maximum atomic E-state index is 12.4. The van der Waals surface area contributed by atoms with Gasteiger partial charge in [0.25, 0.3) is 5.91 Å². The highest BCUT2D eigenvalue weighted by molar-refractivity contribution is 7.21. The summed E-state index contributed by atoms with van der Waals surface area (Å²) in [4.78, 5) is 17.0. The largest absolute Gasteiger partial charge is 0.507 e. The highest BCUT2D eigenvalue weighted by Gasteiger charge is 2.13. The van der Waals surface area contributed by atoms with E-state index >= 15 is 0 Å². The Hall–Kier alpha value is -2.89. The van der Waals surface area contributed by atoms with Crippen LogP contribution in [0.25, 0.3) is 20.8 Å². The van der Waals surface area contributed by atoms with Crippen LogP contribution in [0.5, 0.6) is 5.75 Å². The third-order valence-electron chi connectivity index (χ3n) is 3.87. The van der Waals surface area contributed by atoms with E-state index in [1.807, 2.05) is 24.3 Å². The number of fused-ring (bicyclic) bond motifs is 1. The Morgan fingerprint density at radius 1 is 1.04 bits per heavy atom. The number of para-hydroxylation sites is 1. The predicted molar refractivity (Wildman–Crippen MR) is 106 cm³/mol. The monoisotopic (exact) mass is 380 g/mol. The number of benzene rings is 3. The number of phenolic OH excluding ortho intramolecular Hbond substituents is 1. The molecule has 0 bridgehead atoms. The average Bonchev–Trinajstić information content (AvgIpc) is 3.07. The molecule has 1 aromatic heterocycles. The van der Waals surface area contributed by atoms with Crippen molar-refractivity contribution in [1.82, 2.24) is 4.98 Å². The number of hydrogen-bond acceptors (Lipinski definition) is 4. The minimum absolute atomic E-state index is 0.116. The van der Waals surface area contributed by atoms with Gasteiger partial charge >= 0.3 is 0 Å². The van der Waals surface area contributed by atoms with Crippen molar-refractivity contribution in [2.45, 2.75) is 0 Å². The van der Waals surface area contributed by atoms with Crippen LogP contribution in [0, 0.1) is 0 Å². The first-order valence-corrected chi connectivity index (χ1v) is 9.05. The number of nitrogens with one attached hydrogen (secondary N) is 1. The molecule has 0 aliphatic heterocycles. The maximum Gasteiger partial charge on any atom is 0.255 e. The number of carbonyl (C=O) groups is 1. The molecular formula is C20H13ClN2O2S. The summed E-state index contributed by atoms with van der Waals surface area (Å²) in [5, 5.41) is 14.3. The molecule has 3 aromatic carbocycles. The number of aromatic hydroxyl groups is 1. The van der Waals surface area contributed by atoms with Gasteiger partial charge < -0.3 is 10.4 Å². The SMILES string of the molecule is O=C(Nc1ccc(O)c(-c2nc3ccccc3s2)c1)c1cccc(Cl)c1. The molecule has 0 atom stereocenters. The Labute approximate surface area is 158 Å². The van der Waals surface area contributed by atoms with Gasteiger partial charge in [0.05, 0.1) is 15.8 Å². The Balaban J connectivity index is 1.67. The van der Waals surface area contributed by atoms with Gasteiger partial charge in [0.2, 0.25) is 0 Å². The van der Waals surface area contributed by atoms with E-state index in [1.165, 1.54) is 11.3 Å². The van der Waals surface area contributed by atoms with Crippen LogP contribution in [0.3, 0.4) is 0 Å². The van der Waals surface area contributed by atoms with Crippen LogP contribution in [0.1, 0.15) is 10.4 Å². The van der Waals surface area contributed by atoms with E-state index in [-0.39, 0.29) is 11.7 Å². The van der Waals surface area contributed by atoms with E-state index in [9.17, 15) is 9.90 Å². The predicted octanol–water partition coefficient (Wildman–Crippen LogP) is 5.57. The maximum absolute atomic E-state index is 12.4. The second-order valence-corrected chi connectivity index (χ2v) is 7.15. The molecule has 0 saturated carbocycles. The molecule has 6 heteroatoms. The molecule has 0 spiro atoms. The topological polar surface area (TPSA) is 62.2 Å². The van der Waals surface area contributed by atoms with Gasteiger partial charge in [0, 0.05) is 16.3 Å². The summed E-state index contributed by atoms with van der Waals surface area (Å²) in [6.07, 6.45) is 0. The number of anilines is 1. The summed E-state index contributed by atoms with van der Waals surface area (Å²) in [7, 11) is 0.